The van der Waals surface area contributed by atoms with Crippen molar-refractivity contribution < 1.29 is 23.5 Å². The Morgan fingerprint density at radius 3 is 2.50 bits per heavy atom. The summed E-state index contributed by atoms with van der Waals surface area (Å²) in [6.45, 7) is 4.85. The minimum atomic E-state index is -0.997. The number of carbonyl (C=O) groups excluding carboxylic acids is 3. The summed E-state index contributed by atoms with van der Waals surface area (Å²) in [5.74, 6) is -1.80. The second kappa shape index (κ2) is 9.20. The highest BCUT2D eigenvalue weighted by Gasteiger charge is 2.45. The summed E-state index contributed by atoms with van der Waals surface area (Å²) < 4.78 is 20.0. The van der Waals surface area contributed by atoms with Crippen molar-refractivity contribution in [1.82, 2.24) is 4.90 Å². The average molecular weight is 438 g/mol. The van der Waals surface area contributed by atoms with E-state index in [-0.39, 0.29) is 30.5 Å². The molecule has 2 atom stereocenters. The molecule has 0 saturated carbocycles. The first-order valence-electron chi connectivity index (χ1n) is 11.0. The third-order valence-corrected chi connectivity index (χ3v) is 6.11. The molecule has 2 aliphatic rings. The van der Waals surface area contributed by atoms with Crippen LogP contribution < -0.4 is 4.90 Å². The zero-order valence-corrected chi connectivity index (χ0v) is 18.3. The Morgan fingerprint density at radius 2 is 1.88 bits per heavy atom. The summed E-state index contributed by atoms with van der Waals surface area (Å²) in [7, 11) is 0. The summed E-state index contributed by atoms with van der Waals surface area (Å²) in [5.41, 5.74) is 1.45. The van der Waals surface area contributed by atoms with Gasteiger partial charge in [0.15, 0.2) is 0 Å². The number of rotatable bonds is 6. The van der Waals surface area contributed by atoms with Crippen molar-refractivity contribution in [2.24, 2.45) is 0 Å². The molecular weight excluding hydrogens is 411 g/mol. The maximum atomic E-state index is 14.4. The van der Waals surface area contributed by atoms with Gasteiger partial charge in [-0.05, 0) is 48.6 Å². The van der Waals surface area contributed by atoms with Gasteiger partial charge in [0.25, 0.3) is 11.8 Å². The lowest BCUT2D eigenvalue weighted by molar-refractivity contribution is -0.122. The van der Waals surface area contributed by atoms with E-state index in [1.165, 1.54) is 23.1 Å². The molecule has 32 heavy (non-hydrogen) atoms. The second-order valence-corrected chi connectivity index (χ2v) is 8.61. The Morgan fingerprint density at radius 1 is 1.16 bits per heavy atom. The Labute approximate surface area is 187 Å². The predicted octanol–water partition coefficient (Wildman–Crippen LogP) is 3.90. The zero-order valence-electron chi connectivity index (χ0n) is 18.3. The normalized spacial score (nSPS) is 20.9. The van der Waals surface area contributed by atoms with Crippen molar-refractivity contribution in [3.05, 3.63) is 65.5 Å². The van der Waals surface area contributed by atoms with Gasteiger partial charge in [-0.15, -0.1) is 0 Å². The van der Waals surface area contributed by atoms with E-state index < -0.39 is 23.7 Å². The molecule has 4 rings (SSSR count). The van der Waals surface area contributed by atoms with Crippen LogP contribution in [0.3, 0.4) is 0 Å². The van der Waals surface area contributed by atoms with Gasteiger partial charge in [-0.2, -0.15) is 0 Å². The summed E-state index contributed by atoms with van der Waals surface area (Å²) in [6, 6.07) is 12.0. The number of hydrogen-bond acceptors (Lipinski definition) is 4. The molecule has 7 heteroatoms. The van der Waals surface area contributed by atoms with Gasteiger partial charge < -0.3 is 9.64 Å². The quantitative estimate of drug-likeness (QED) is 0.642. The first-order valence-corrected chi connectivity index (χ1v) is 11.0. The van der Waals surface area contributed by atoms with E-state index in [2.05, 4.69) is 13.8 Å². The fraction of sp³-hybridized carbons (Fsp3) is 0.400. The van der Waals surface area contributed by atoms with Crippen LogP contribution in [0.2, 0.25) is 0 Å². The first kappa shape index (κ1) is 22.1. The van der Waals surface area contributed by atoms with Crippen molar-refractivity contribution in [3.63, 3.8) is 0 Å². The van der Waals surface area contributed by atoms with Crippen molar-refractivity contribution in [1.29, 1.82) is 0 Å². The molecule has 0 aliphatic carbocycles. The van der Waals surface area contributed by atoms with E-state index in [4.69, 9.17) is 4.74 Å². The topological polar surface area (TPSA) is 66.9 Å². The van der Waals surface area contributed by atoms with E-state index in [0.29, 0.717) is 18.2 Å². The number of anilines is 1. The minimum absolute atomic E-state index is 0.120. The number of amides is 3. The number of hydrogen-bond donors (Lipinski definition) is 0. The van der Waals surface area contributed by atoms with E-state index in [9.17, 15) is 18.8 Å². The van der Waals surface area contributed by atoms with Crippen molar-refractivity contribution in [2.45, 2.75) is 51.2 Å². The standard InChI is InChI=1S/C25H27FN2O4/c1-16(2)17-9-11-18(12-10-17)28-23(29)14-22(25(28)31)27(15-19-6-5-13-32-19)24(30)20-7-3-4-8-21(20)26/h3-4,7-12,16,19,22H,5-6,13-15H2,1-2H3. The van der Waals surface area contributed by atoms with E-state index in [1.807, 2.05) is 12.1 Å². The van der Waals surface area contributed by atoms with Crippen molar-refractivity contribution in [3.8, 4) is 0 Å². The molecule has 3 amide bonds. The van der Waals surface area contributed by atoms with Gasteiger partial charge in [0.1, 0.15) is 11.9 Å². The monoisotopic (exact) mass is 438 g/mol. The predicted molar refractivity (Wildman–Crippen MR) is 118 cm³/mol. The maximum Gasteiger partial charge on any atom is 0.257 e. The molecule has 168 valence electrons. The van der Waals surface area contributed by atoms with Gasteiger partial charge in [0.2, 0.25) is 5.91 Å². The number of carbonyl (C=O) groups is 3. The van der Waals surface area contributed by atoms with Crippen molar-refractivity contribution >= 4 is 23.4 Å². The van der Waals surface area contributed by atoms with Crippen LogP contribution in [-0.2, 0) is 14.3 Å². The minimum Gasteiger partial charge on any atom is -0.376 e. The van der Waals surface area contributed by atoms with Crippen LogP contribution in [0.15, 0.2) is 48.5 Å². The molecule has 0 aromatic heterocycles. The van der Waals surface area contributed by atoms with Crippen LogP contribution in [0.4, 0.5) is 10.1 Å². The Hall–Kier alpha value is -3.06. The SMILES string of the molecule is CC(C)c1ccc(N2C(=O)CC(N(CC3CCCO3)C(=O)c3ccccc3F)C2=O)cc1. The Kier molecular flexibility index (Phi) is 6.37. The molecular formula is C25H27FN2O4. The van der Waals surface area contributed by atoms with Crippen LogP contribution in [0.5, 0.6) is 0 Å². The van der Waals surface area contributed by atoms with E-state index in [0.717, 1.165) is 23.3 Å². The smallest absolute Gasteiger partial charge is 0.257 e. The second-order valence-electron chi connectivity index (χ2n) is 8.61. The van der Waals surface area contributed by atoms with Crippen LogP contribution in [0.25, 0.3) is 0 Å². The lowest BCUT2D eigenvalue weighted by Gasteiger charge is -2.30. The van der Waals surface area contributed by atoms with Gasteiger partial charge in [0, 0.05) is 13.2 Å². The molecule has 0 spiro atoms. The molecule has 2 aromatic rings. The molecule has 0 bridgehead atoms. The molecule has 2 saturated heterocycles. The van der Waals surface area contributed by atoms with Gasteiger partial charge >= 0.3 is 0 Å². The van der Waals surface area contributed by atoms with Gasteiger partial charge in [-0.1, -0.05) is 38.1 Å². The molecule has 6 nitrogen and oxygen atoms in total. The van der Waals surface area contributed by atoms with Gasteiger partial charge in [0.05, 0.1) is 23.8 Å². The van der Waals surface area contributed by atoms with Crippen LogP contribution >= 0.6 is 0 Å². The largest absolute Gasteiger partial charge is 0.376 e. The van der Waals surface area contributed by atoms with Crippen molar-refractivity contribution in [2.75, 3.05) is 18.1 Å². The maximum absolute atomic E-state index is 14.4. The Bertz CT molecular complexity index is 1010. The van der Waals surface area contributed by atoms with E-state index >= 15 is 0 Å². The highest BCUT2D eigenvalue weighted by molar-refractivity contribution is 6.23. The highest BCUT2D eigenvalue weighted by atomic mass is 19.1. The van der Waals surface area contributed by atoms with E-state index in [1.54, 1.807) is 18.2 Å². The highest BCUT2D eigenvalue weighted by Crippen LogP contribution is 2.29. The summed E-state index contributed by atoms with van der Waals surface area (Å²) in [4.78, 5) is 41.9. The Balaban J connectivity index is 1.63. The molecule has 2 heterocycles. The summed E-state index contributed by atoms with van der Waals surface area (Å²) in [6.07, 6.45) is 1.22. The zero-order chi connectivity index (χ0) is 22.8. The average Bonchev–Trinajstić information content (AvgIpc) is 3.39. The number of ether oxygens (including phenoxy) is 1. The van der Waals surface area contributed by atoms with Crippen LogP contribution in [-0.4, -0.2) is 47.9 Å². The lowest BCUT2D eigenvalue weighted by atomic mass is 10.0. The van der Waals surface area contributed by atoms with Crippen LogP contribution in [0.1, 0.15) is 54.9 Å². The molecule has 2 unspecified atom stereocenters. The number of nitrogens with zero attached hydrogens (tertiary/aromatic N) is 2. The first-order chi connectivity index (χ1) is 15.4. The molecule has 2 aliphatic heterocycles. The molecule has 0 radical (unpaired) electrons. The molecule has 2 aromatic carbocycles. The van der Waals surface area contributed by atoms with Gasteiger partial charge in [-0.3, -0.25) is 14.4 Å². The number of halogens is 1. The third kappa shape index (κ3) is 4.30. The van der Waals surface area contributed by atoms with Crippen LogP contribution in [0, 0.1) is 5.82 Å². The molecule has 2 fully saturated rings. The molecule has 0 N–H and O–H groups in total. The number of imide groups is 1. The fourth-order valence-electron chi connectivity index (χ4n) is 4.29. The lowest BCUT2D eigenvalue weighted by Crippen LogP contribution is -2.48. The summed E-state index contributed by atoms with van der Waals surface area (Å²) >= 11 is 0. The number of benzene rings is 2. The summed E-state index contributed by atoms with van der Waals surface area (Å²) in [5, 5.41) is 0. The van der Waals surface area contributed by atoms with Gasteiger partial charge in [-0.25, -0.2) is 9.29 Å². The fourth-order valence-corrected chi connectivity index (χ4v) is 4.29. The third-order valence-electron chi connectivity index (χ3n) is 6.11.